The van der Waals surface area contributed by atoms with Crippen LogP contribution < -0.4 is 0 Å². The predicted molar refractivity (Wildman–Crippen MR) is 102 cm³/mol. The van der Waals surface area contributed by atoms with Crippen molar-refractivity contribution in [3.8, 4) is 0 Å². The van der Waals surface area contributed by atoms with Crippen LogP contribution in [0.4, 0.5) is 0 Å². The van der Waals surface area contributed by atoms with Crippen molar-refractivity contribution in [3.63, 3.8) is 0 Å². The minimum absolute atomic E-state index is 0.476. The quantitative estimate of drug-likeness (QED) is 0.393. The highest BCUT2D eigenvalue weighted by Crippen LogP contribution is 2.49. The Bertz CT molecular complexity index is 1170. The van der Waals surface area contributed by atoms with Crippen molar-refractivity contribution in [3.05, 3.63) is 95.1 Å². The summed E-state index contributed by atoms with van der Waals surface area (Å²) in [7, 11) is 0. The second-order valence-electron chi connectivity index (χ2n) is 6.97. The third-order valence-corrected chi connectivity index (χ3v) is 5.76. The lowest BCUT2D eigenvalue weighted by atomic mass is 9.88. The molecule has 112 valence electrons. The molecule has 4 aromatic rings. The van der Waals surface area contributed by atoms with E-state index in [0.717, 1.165) is 6.42 Å². The molecule has 1 atom stereocenters. The van der Waals surface area contributed by atoms with Crippen LogP contribution in [0, 0.1) is 0 Å². The van der Waals surface area contributed by atoms with E-state index >= 15 is 0 Å². The molecule has 0 N–H and O–H groups in total. The van der Waals surface area contributed by atoms with E-state index in [-0.39, 0.29) is 0 Å². The second-order valence-corrected chi connectivity index (χ2v) is 6.97. The van der Waals surface area contributed by atoms with Crippen molar-refractivity contribution < 1.29 is 0 Å². The van der Waals surface area contributed by atoms with E-state index in [1.807, 2.05) is 0 Å². The van der Waals surface area contributed by atoms with Gasteiger partial charge in [0.1, 0.15) is 0 Å². The lowest BCUT2D eigenvalue weighted by Gasteiger charge is -2.15. The topological polar surface area (TPSA) is 0 Å². The van der Waals surface area contributed by atoms with Crippen molar-refractivity contribution in [1.29, 1.82) is 0 Å². The summed E-state index contributed by atoms with van der Waals surface area (Å²) in [6.07, 6.45) is 3.54. The van der Waals surface area contributed by atoms with Crippen molar-refractivity contribution in [2.75, 3.05) is 0 Å². The summed E-state index contributed by atoms with van der Waals surface area (Å²) in [5.41, 5.74) is 7.29. The first kappa shape index (κ1) is 12.5. The summed E-state index contributed by atoms with van der Waals surface area (Å²) in [5.74, 6) is 0.476. The first-order valence-corrected chi connectivity index (χ1v) is 8.64. The monoisotopic (exact) mass is 304 g/mol. The predicted octanol–water partition coefficient (Wildman–Crippen LogP) is 6.19. The van der Waals surface area contributed by atoms with E-state index < -0.39 is 0 Å². The van der Waals surface area contributed by atoms with E-state index in [4.69, 9.17) is 0 Å². The fourth-order valence-corrected chi connectivity index (χ4v) is 4.78. The van der Waals surface area contributed by atoms with E-state index in [1.54, 1.807) is 0 Å². The average Bonchev–Trinajstić information content (AvgIpc) is 3.18. The molecule has 0 heteroatoms. The molecule has 0 saturated heterocycles. The Balaban J connectivity index is 1.61. The van der Waals surface area contributed by atoms with Crippen LogP contribution >= 0.6 is 0 Å². The molecule has 24 heavy (non-hydrogen) atoms. The Hall–Kier alpha value is -2.86. The molecule has 0 aliphatic heterocycles. The van der Waals surface area contributed by atoms with Crippen molar-refractivity contribution in [2.24, 2.45) is 0 Å². The maximum absolute atomic E-state index is 2.42. The molecule has 0 bridgehead atoms. The van der Waals surface area contributed by atoms with Crippen molar-refractivity contribution in [1.82, 2.24) is 0 Å². The standard InChI is InChI=1S/C24H16/c1-5-15-7-3-11-19-21(13-17(9-1)23(15)19)22-14-18-10-2-6-16-8-4-12-20(22)24(16)18/h1-13,22H,14H2. The summed E-state index contributed by atoms with van der Waals surface area (Å²) < 4.78 is 0. The van der Waals surface area contributed by atoms with Crippen LogP contribution in [-0.4, -0.2) is 0 Å². The lowest BCUT2D eigenvalue weighted by Crippen LogP contribution is -1.98. The van der Waals surface area contributed by atoms with Crippen LogP contribution in [-0.2, 0) is 6.42 Å². The Labute approximate surface area is 141 Å². The minimum atomic E-state index is 0.476. The zero-order valence-electron chi connectivity index (χ0n) is 13.3. The fourth-order valence-electron chi connectivity index (χ4n) is 4.78. The van der Waals surface area contributed by atoms with Gasteiger partial charge in [-0.15, -0.1) is 0 Å². The third kappa shape index (κ3) is 1.48. The van der Waals surface area contributed by atoms with Crippen LogP contribution in [0.25, 0.3) is 33.2 Å². The smallest absolute Gasteiger partial charge is 0.0143 e. The fraction of sp³-hybridized carbons (Fsp3) is 0.0833. The van der Waals surface area contributed by atoms with Crippen molar-refractivity contribution >= 4 is 33.2 Å². The summed E-state index contributed by atoms with van der Waals surface area (Å²) in [6.45, 7) is 0. The Morgan fingerprint density at radius 2 is 1.38 bits per heavy atom. The van der Waals surface area contributed by atoms with Gasteiger partial charge in [0.05, 0.1) is 0 Å². The molecule has 0 radical (unpaired) electrons. The van der Waals surface area contributed by atoms with Gasteiger partial charge in [-0.25, -0.2) is 0 Å². The number of hydrogen-bond acceptors (Lipinski definition) is 0. The van der Waals surface area contributed by atoms with Crippen LogP contribution in [0.3, 0.4) is 0 Å². The van der Waals surface area contributed by atoms with Gasteiger partial charge in [0.2, 0.25) is 0 Å². The lowest BCUT2D eigenvalue weighted by molar-refractivity contribution is 0.909. The molecule has 0 amide bonds. The molecule has 2 aliphatic rings. The van der Waals surface area contributed by atoms with E-state index in [2.05, 4.69) is 78.9 Å². The van der Waals surface area contributed by atoms with Gasteiger partial charge in [-0.05, 0) is 61.9 Å². The minimum Gasteiger partial charge on any atom is -0.0614 e. The molecule has 4 aromatic carbocycles. The summed E-state index contributed by atoms with van der Waals surface area (Å²) >= 11 is 0. The molecular formula is C24H16. The molecule has 0 heterocycles. The maximum Gasteiger partial charge on any atom is 0.0143 e. The number of rotatable bonds is 1. The van der Waals surface area contributed by atoms with Gasteiger partial charge in [-0.1, -0.05) is 72.8 Å². The molecule has 6 rings (SSSR count). The maximum atomic E-state index is 2.42. The first-order valence-electron chi connectivity index (χ1n) is 8.64. The van der Waals surface area contributed by atoms with Gasteiger partial charge in [0, 0.05) is 5.92 Å². The normalized spacial score (nSPS) is 17.7. The average molecular weight is 304 g/mol. The largest absolute Gasteiger partial charge is 0.0614 e. The molecule has 0 nitrogen and oxygen atoms in total. The highest BCUT2D eigenvalue weighted by molar-refractivity contribution is 6.11. The van der Waals surface area contributed by atoms with Gasteiger partial charge < -0.3 is 0 Å². The molecule has 1 unspecified atom stereocenters. The zero-order valence-corrected chi connectivity index (χ0v) is 13.3. The zero-order chi connectivity index (χ0) is 15.7. The number of benzene rings is 4. The Kier molecular flexibility index (Phi) is 2.28. The molecule has 0 spiro atoms. The summed E-state index contributed by atoms with van der Waals surface area (Å²) in [5, 5.41) is 5.64. The first-order chi connectivity index (χ1) is 11.9. The number of allylic oxidation sites excluding steroid dienone is 1. The van der Waals surface area contributed by atoms with E-state index in [1.165, 1.54) is 49.4 Å². The third-order valence-electron chi connectivity index (χ3n) is 5.76. The second kappa shape index (κ2) is 4.36. The molecular weight excluding hydrogens is 288 g/mol. The van der Waals surface area contributed by atoms with E-state index in [0.29, 0.717) is 5.92 Å². The molecule has 0 fully saturated rings. The van der Waals surface area contributed by atoms with Crippen molar-refractivity contribution in [2.45, 2.75) is 12.3 Å². The molecule has 0 saturated carbocycles. The van der Waals surface area contributed by atoms with Crippen LogP contribution in [0.2, 0.25) is 0 Å². The van der Waals surface area contributed by atoms with Gasteiger partial charge in [-0.3, -0.25) is 0 Å². The van der Waals surface area contributed by atoms with Gasteiger partial charge in [0.25, 0.3) is 0 Å². The summed E-state index contributed by atoms with van der Waals surface area (Å²) in [6, 6.07) is 26.9. The highest BCUT2D eigenvalue weighted by Gasteiger charge is 2.30. The van der Waals surface area contributed by atoms with E-state index in [9.17, 15) is 0 Å². The number of hydrogen-bond donors (Lipinski definition) is 0. The van der Waals surface area contributed by atoms with Crippen LogP contribution in [0.15, 0.2) is 72.8 Å². The Morgan fingerprint density at radius 1 is 0.667 bits per heavy atom. The molecule has 0 aromatic heterocycles. The van der Waals surface area contributed by atoms with Crippen LogP contribution in [0.1, 0.15) is 28.2 Å². The van der Waals surface area contributed by atoms with Gasteiger partial charge in [-0.2, -0.15) is 0 Å². The Morgan fingerprint density at radius 3 is 2.25 bits per heavy atom. The highest BCUT2D eigenvalue weighted by atomic mass is 14.3. The van der Waals surface area contributed by atoms with Crippen LogP contribution in [0.5, 0.6) is 0 Å². The SMILES string of the molecule is C1=C(C2Cc3cccc4cccc2c34)c2cccc3cccc1c23. The van der Waals surface area contributed by atoms with Gasteiger partial charge >= 0.3 is 0 Å². The summed E-state index contributed by atoms with van der Waals surface area (Å²) in [4.78, 5) is 0. The van der Waals surface area contributed by atoms with Gasteiger partial charge in [0.15, 0.2) is 0 Å². The molecule has 2 aliphatic carbocycles.